The average molecular weight is 408 g/mol. The normalized spacial score (nSPS) is 16.2. The van der Waals surface area contributed by atoms with Gasteiger partial charge in [-0.05, 0) is 44.2 Å². The predicted molar refractivity (Wildman–Crippen MR) is 107 cm³/mol. The third-order valence-electron chi connectivity index (χ3n) is 5.14. The fraction of sp³-hybridized carbons (Fsp3) is 0.250. The Morgan fingerprint density at radius 2 is 2.00 bits per heavy atom. The van der Waals surface area contributed by atoms with Crippen LogP contribution >= 0.6 is 11.3 Å². The van der Waals surface area contributed by atoms with Crippen LogP contribution in [-0.2, 0) is 6.54 Å². The molecule has 1 unspecified atom stereocenters. The van der Waals surface area contributed by atoms with Gasteiger partial charge < -0.3 is 9.47 Å². The zero-order valence-electron chi connectivity index (χ0n) is 15.8. The van der Waals surface area contributed by atoms with E-state index in [4.69, 9.17) is 0 Å². The van der Waals surface area contributed by atoms with E-state index in [1.807, 2.05) is 24.5 Å². The fourth-order valence-corrected chi connectivity index (χ4v) is 4.63. The molecule has 4 aromatic rings. The summed E-state index contributed by atoms with van der Waals surface area (Å²) >= 11 is 1.56. The van der Waals surface area contributed by atoms with E-state index >= 15 is 0 Å². The van der Waals surface area contributed by atoms with Gasteiger partial charge >= 0.3 is 0 Å². The standard InChI is InChI=1S/C20H17FN6OS/c1-11-9-16-15(10-22-11)23-19(29-16)18-25-24-17-12(2)26(7-8-27(17)18)20(28)13-3-5-14(21)6-4-13/h3-6,9-10,12H,7-8H2,1-2H3. The highest BCUT2D eigenvalue weighted by molar-refractivity contribution is 7.21. The van der Waals surface area contributed by atoms with Crippen molar-refractivity contribution in [1.82, 2.24) is 29.6 Å². The van der Waals surface area contributed by atoms with Crippen LogP contribution in [0, 0.1) is 12.7 Å². The van der Waals surface area contributed by atoms with Crippen molar-refractivity contribution in [2.24, 2.45) is 0 Å². The van der Waals surface area contributed by atoms with Crippen LogP contribution in [0.5, 0.6) is 0 Å². The van der Waals surface area contributed by atoms with Crippen molar-refractivity contribution in [2.45, 2.75) is 26.4 Å². The molecule has 1 aliphatic rings. The van der Waals surface area contributed by atoms with E-state index in [0.29, 0.717) is 24.5 Å². The van der Waals surface area contributed by atoms with Crippen LogP contribution in [0.15, 0.2) is 36.5 Å². The van der Waals surface area contributed by atoms with E-state index in [0.717, 1.165) is 26.7 Å². The molecule has 1 amide bonds. The smallest absolute Gasteiger partial charge is 0.254 e. The van der Waals surface area contributed by atoms with Gasteiger partial charge in [0.2, 0.25) is 0 Å². The van der Waals surface area contributed by atoms with Crippen LogP contribution in [0.4, 0.5) is 4.39 Å². The first kappa shape index (κ1) is 17.9. The summed E-state index contributed by atoms with van der Waals surface area (Å²) in [6.45, 7) is 4.96. The Labute approximate surface area is 169 Å². The SMILES string of the molecule is Cc1cc2sc(-c3nnc4n3CCN(C(=O)c3ccc(F)cc3)C4C)nc2cn1. The Hall–Kier alpha value is -3.20. The molecule has 0 saturated heterocycles. The Morgan fingerprint density at radius 3 is 2.79 bits per heavy atom. The minimum Gasteiger partial charge on any atom is -0.327 e. The van der Waals surface area contributed by atoms with Crippen molar-refractivity contribution in [3.05, 3.63) is 59.4 Å². The van der Waals surface area contributed by atoms with Crippen molar-refractivity contribution < 1.29 is 9.18 Å². The second-order valence-corrected chi connectivity index (χ2v) is 8.06. The van der Waals surface area contributed by atoms with E-state index in [-0.39, 0.29) is 17.8 Å². The predicted octanol–water partition coefficient (Wildman–Crippen LogP) is 3.61. The minimum atomic E-state index is -0.362. The first-order chi connectivity index (χ1) is 14.0. The number of hydrogen-bond donors (Lipinski definition) is 0. The molecule has 7 nitrogen and oxygen atoms in total. The zero-order chi connectivity index (χ0) is 20.1. The lowest BCUT2D eigenvalue weighted by Gasteiger charge is -2.33. The number of nitrogens with zero attached hydrogens (tertiary/aromatic N) is 6. The van der Waals surface area contributed by atoms with E-state index in [2.05, 4.69) is 20.2 Å². The molecule has 0 aliphatic carbocycles. The summed E-state index contributed by atoms with van der Waals surface area (Å²) in [7, 11) is 0. The molecule has 0 spiro atoms. The molecule has 1 atom stereocenters. The molecule has 29 heavy (non-hydrogen) atoms. The molecule has 1 aromatic carbocycles. The highest BCUT2D eigenvalue weighted by Crippen LogP contribution is 2.33. The van der Waals surface area contributed by atoms with Gasteiger partial charge in [0.1, 0.15) is 11.3 Å². The summed E-state index contributed by atoms with van der Waals surface area (Å²) in [5.41, 5.74) is 2.24. The fourth-order valence-electron chi connectivity index (χ4n) is 3.60. The molecule has 9 heteroatoms. The number of carbonyl (C=O) groups is 1. The van der Waals surface area contributed by atoms with Crippen LogP contribution in [-0.4, -0.2) is 42.1 Å². The molecule has 146 valence electrons. The molecule has 0 N–H and O–H groups in total. The molecule has 1 aliphatic heterocycles. The average Bonchev–Trinajstić information content (AvgIpc) is 3.32. The number of thiazole rings is 1. The quantitative estimate of drug-likeness (QED) is 0.506. The lowest BCUT2D eigenvalue weighted by molar-refractivity contribution is 0.0638. The van der Waals surface area contributed by atoms with E-state index in [1.54, 1.807) is 22.4 Å². The summed E-state index contributed by atoms with van der Waals surface area (Å²) in [5, 5.41) is 9.51. The topological polar surface area (TPSA) is 76.8 Å². The number of aromatic nitrogens is 5. The number of rotatable bonds is 2. The number of halogens is 1. The van der Waals surface area contributed by atoms with Crippen LogP contribution in [0.3, 0.4) is 0 Å². The molecule has 0 saturated carbocycles. The summed E-state index contributed by atoms with van der Waals surface area (Å²) in [5.74, 6) is 0.920. The summed E-state index contributed by atoms with van der Waals surface area (Å²) in [6, 6.07) is 7.37. The summed E-state index contributed by atoms with van der Waals surface area (Å²) in [6.07, 6.45) is 1.77. The lowest BCUT2D eigenvalue weighted by Crippen LogP contribution is -2.41. The molecular weight excluding hydrogens is 391 g/mol. The van der Waals surface area contributed by atoms with E-state index in [1.165, 1.54) is 24.3 Å². The largest absolute Gasteiger partial charge is 0.327 e. The van der Waals surface area contributed by atoms with Crippen LogP contribution in [0.1, 0.15) is 34.8 Å². The first-order valence-corrected chi connectivity index (χ1v) is 10.1. The number of benzene rings is 1. The Morgan fingerprint density at radius 1 is 1.21 bits per heavy atom. The molecule has 3 aromatic heterocycles. The number of amides is 1. The van der Waals surface area contributed by atoms with Crippen molar-refractivity contribution in [3.63, 3.8) is 0 Å². The van der Waals surface area contributed by atoms with Crippen molar-refractivity contribution >= 4 is 27.5 Å². The van der Waals surface area contributed by atoms with Gasteiger partial charge in [-0.25, -0.2) is 9.37 Å². The number of fused-ring (bicyclic) bond motifs is 2. The van der Waals surface area contributed by atoms with Gasteiger partial charge in [-0.3, -0.25) is 9.78 Å². The van der Waals surface area contributed by atoms with Crippen molar-refractivity contribution in [2.75, 3.05) is 6.54 Å². The number of hydrogen-bond acceptors (Lipinski definition) is 6. The highest BCUT2D eigenvalue weighted by atomic mass is 32.1. The molecule has 5 rings (SSSR count). The number of pyridine rings is 1. The van der Waals surface area contributed by atoms with Crippen molar-refractivity contribution in [1.29, 1.82) is 0 Å². The maximum Gasteiger partial charge on any atom is 0.254 e. The van der Waals surface area contributed by atoms with Gasteiger partial charge in [-0.2, -0.15) is 0 Å². The maximum atomic E-state index is 13.2. The number of carbonyl (C=O) groups excluding carboxylic acids is 1. The Bertz CT molecular complexity index is 1230. The highest BCUT2D eigenvalue weighted by Gasteiger charge is 2.32. The monoisotopic (exact) mass is 408 g/mol. The van der Waals surface area contributed by atoms with Crippen molar-refractivity contribution in [3.8, 4) is 10.8 Å². The Kier molecular flexibility index (Phi) is 4.13. The summed E-state index contributed by atoms with van der Waals surface area (Å²) in [4.78, 5) is 23.6. The second-order valence-electron chi connectivity index (χ2n) is 7.03. The van der Waals surface area contributed by atoms with Crippen LogP contribution in [0.2, 0.25) is 0 Å². The maximum absolute atomic E-state index is 13.2. The van der Waals surface area contributed by atoms with Gasteiger partial charge in [0, 0.05) is 24.3 Å². The second kappa shape index (κ2) is 6.70. The van der Waals surface area contributed by atoms with Gasteiger partial charge in [0.15, 0.2) is 16.7 Å². The lowest BCUT2D eigenvalue weighted by atomic mass is 10.1. The van der Waals surface area contributed by atoms with E-state index < -0.39 is 0 Å². The molecular formula is C20H17FN6OS. The van der Waals surface area contributed by atoms with Gasteiger partial charge in [0.25, 0.3) is 5.91 Å². The molecule has 0 fully saturated rings. The van der Waals surface area contributed by atoms with Gasteiger partial charge in [-0.15, -0.1) is 21.5 Å². The minimum absolute atomic E-state index is 0.144. The molecule has 4 heterocycles. The Balaban J connectivity index is 1.47. The van der Waals surface area contributed by atoms with E-state index in [9.17, 15) is 9.18 Å². The molecule has 0 radical (unpaired) electrons. The van der Waals surface area contributed by atoms with Gasteiger partial charge in [0.05, 0.1) is 16.9 Å². The van der Waals surface area contributed by atoms with Crippen LogP contribution < -0.4 is 0 Å². The number of aryl methyl sites for hydroxylation is 1. The van der Waals surface area contributed by atoms with Gasteiger partial charge in [-0.1, -0.05) is 0 Å². The first-order valence-electron chi connectivity index (χ1n) is 9.24. The third-order valence-corrected chi connectivity index (χ3v) is 6.15. The van der Waals surface area contributed by atoms with Crippen LogP contribution in [0.25, 0.3) is 21.0 Å². The molecule has 0 bridgehead atoms. The summed E-state index contributed by atoms with van der Waals surface area (Å²) < 4.78 is 16.3. The third kappa shape index (κ3) is 2.98. The zero-order valence-corrected chi connectivity index (χ0v) is 16.6.